The summed E-state index contributed by atoms with van der Waals surface area (Å²) in [4.78, 5) is 0. The van der Waals surface area contributed by atoms with Crippen LogP contribution >= 0.6 is 11.6 Å². The molecule has 2 unspecified atom stereocenters. The minimum Gasteiger partial charge on any atom is -0.130 e. The fraction of sp³-hybridized carbons (Fsp3) is 0.256. The quantitative estimate of drug-likeness (QED) is 0.124. The number of allylic oxidation sites excluding steroid dienone is 2. The third kappa shape index (κ3) is 4.67. The van der Waals surface area contributed by atoms with E-state index < -0.39 is 22.9 Å². The molecular formula is C43H39ClHfN2. The summed E-state index contributed by atoms with van der Waals surface area (Å²) in [7, 11) is 0. The fourth-order valence-electron chi connectivity index (χ4n) is 9.10. The van der Waals surface area contributed by atoms with Crippen molar-refractivity contribution in [2.45, 2.75) is 58.7 Å². The maximum atomic E-state index is 4.64. The molecule has 0 bridgehead atoms. The molecule has 0 amide bonds. The average molecular weight is 798 g/mol. The Bertz CT molecular complexity index is 2070. The van der Waals surface area contributed by atoms with Crippen molar-refractivity contribution >= 4 is 57.0 Å². The third-order valence-corrected chi connectivity index (χ3v) is 17.8. The first-order valence-corrected chi connectivity index (χ1v) is 22.2. The Kier molecular flexibility index (Phi) is 7.74. The van der Waals surface area contributed by atoms with Crippen molar-refractivity contribution in [3.05, 3.63) is 142 Å². The van der Waals surface area contributed by atoms with Crippen LogP contribution in [0.15, 0.2) is 97.1 Å². The van der Waals surface area contributed by atoms with E-state index in [4.69, 9.17) is 0 Å². The van der Waals surface area contributed by atoms with Gasteiger partial charge in [-0.2, -0.15) is 0 Å². The molecule has 0 N–H and O–H groups in total. The van der Waals surface area contributed by atoms with Crippen LogP contribution in [0.2, 0.25) is 0 Å². The van der Waals surface area contributed by atoms with Crippen molar-refractivity contribution in [1.82, 2.24) is 9.13 Å². The molecule has 4 aliphatic rings. The summed E-state index contributed by atoms with van der Waals surface area (Å²) < 4.78 is 6.53. The fourth-order valence-corrected chi connectivity index (χ4v) is 16.2. The summed E-state index contributed by atoms with van der Waals surface area (Å²) in [6.07, 6.45) is 16.6. The molecule has 2 nitrogen and oxygen atoms in total. The van der Waals surface area contributed by atoms with Crippen LogP contribution in [0.25, 0.3) is 45.4 Å². The normalized spacial score (nSPS) is 19.3. The summed E-state index contributed by atoms with van der Waals surface area (Å²) in [5.74, 6) is 0. The number of aromatic nitrogens is 2. The van der Waals surface area contributed by atoms with Crippen LogP contribution in [0.1, 0.15) is 77.8 Å². The zero-order valence-electron chi connectivity index (χ0n) is 27.0. The molecule has 2 atom stereocenters. The third-order valence-electron chi connectivity index (χ3n) is 11.0. The van der Waals surface area contributed by atoms with Crippen LogP contribution in [0, 0.1) is 0 Å². The number of nitrogens with zero attached hydrogens (tertiary/aromatic N) is 2. The van der Waals surface area contributed by atoms with Crippen molar-refractivity contribution in [2.75, 3.05) is 6.38 Å². The molecule has 0 fully saturated rings. The summed E-state index contributed by atoms with van der Waals surface area (Å²) >= 11 is 3.16. The maximum absolute atomic E-state index is 4.64. The van der Waals surface area contributed by atoms with Crippen LogP contribution in [-0.4, -0.2) is 15.5 Å². The van der Waals surface area contributed by atoms with Gasteiger partial charge in [-0.25, -0.2) is 0 Å². The molecule has 10 rings (SSSR count). The van der Waals surface area contributed by atoms with Crippen LogP contribution in [0.5, 0.6) is 0 Å². The molecule has 0 radical (unpaired) electrons. The predicted octanol–water partition coefficient (Wildman–Crippen LogP) is 11.1. The van der Waals surface area contributed by atoms with Gasteiger partial charge in [0.15, 0.2) is 0 Å². The number of halogens is 1. The van der Waals surface area contributed by atoms with Gasteiger partial charge in [0.25, 0.3) is 0 Å². The zero-order valence-corrected chi connectivity index (χ0v) is 31.3. The number of para-hydroxylation sites is 2. The number of benzene rings is 4. The maximum Gasteiger partial charge on any atom is 0.0108 e. The van der Waals surface area contributed by atoms with Crippen molar-refractivity contribution in [3.63, 3.8) is 0 Å². The van der Waals surface area contributed by atoms with Gasteiger partial charge in [-0.05, 0) is 0 Å². The van der Waals surface area contributed by atoms with Crippen molar-refractivity contribution in [3.8, 4) is 0 Å². The van der Waals surface area contributed by atoms with Gasteiger partial charge in [0.2, 0.25) is 0 Å². The molecule has 2 heterocycles. The second-order valence-electron chi connectivity index (χ2n) is 13.4. The SMILES string of the molecule is C1=C(n2c3c(c4ccccc42)CCCC3)[CH]([Hf][CH]2C(n3c4c(c5ccccc53)CCCC4)=Cc3ccccc32)c2ccccc21.CCl. The first-order valence-electron chi connectivity index (χ1n) is 17.3. The van der Waals surface area contributed by atoms with E-state index in [0.717, 1.165) is 0 Å². The molecule has 47 heavy (non-hydrogen) atoms. The largest absolute Gasteiger partial charge is 0.130 e. The summed E-state index contributed by atoms with van der Waals surface area (Å²) in [6, 6.07) is 37.2. The number of alkyl halides is 1. The number of hydrogen-bond acceptors (Lipinski definition) is 0. The van der Waals surface area contributed by atoms with E-state index in [9.17, 15) is 0 Å². The van der Waals surface area contributed by atoms with Crippen LogP contribution in [0.3, 0.4) is 0 Å². The second-order valence-corrected chi connectivity index (χ2v) is 18.7. The van der Waals surface area contributed by atoms with E-state index in [0.29, 0.717) is 7.35 Å². The van der Waals surface area contributed by atoms with E-state index in [2.05, 4.69) is 130 Å². The Morgan fingerprint density at radius 1 is 0.511 bits per heavy atom. The molecule has 4 aliphatic carbocycles. The number of hydrogen-bond donors (Lipinski definition) is 0. The number of aryl methyl sites for hydroxylation is 2. The molecule has 4 heteroatoms. The van der Waals surface area contributed by atoms with Crippen LogP contribution in [0.4, 0.5) is 0 Å². The molecule has 6 aromatic rings. The van der Waals surface area contributed by atoms with E-state index in [1.807, 2.05) is 0 Å². The summed E-state index contributed by atoms with van der Waals surface area (Å²) in [5.41, 5.74) is 18.4. The standard InChI is InChI=1S/2C21H18N.CH3Cl.Hf/c2*1-2-8-16-14-17(13-15(16)7-1)22-20-11-5-3-9-18(20)19-10-4-6-12-21(19)22;1-2;/h2*1-3,5,7-9,11,13-14H,4,6,10,12H2;1H3;. The molecule has 0 saturated heterocycles. The Labute approximate surface area is 294 Å². The average Bonchev–Trinajstić information content (AvgIpc) is 3.87. The molecule has 0 aliphatic heterocycles. The van der Waals surface area contributed by atoms with Gasteiger partial charge < -0.3 is 0 Å². The second kappa shape index (κ2) is 12.2. The molecule has 232 valence electrons. The van der Waals surface area contributed by atoms with Gasteiger partial charge in [0.05, 0.1) is 0 Å². The van der Waals surface area contributed by atoms with Gasteiger partial charge in [0, 0.05) is 6.38 Å². The Morgan fingerprint density at radius 2 is 0.915 bits per heavy atom. The Balaban J connectivity index is 0.00000149. The molecule has 0 saturated carbocycles. The minimum absolute atomic E-state index is 0.514. The number of rotatable bonds is 4. The molecule has 4 aromatic carbocycles. The summed E-state index contributed by atoms with van der Waals surface area (Å²) in [6.45, 7) is 0. The van der Waals surface area contributed by atoms with Gasteiger partial charge >= 0.3 is 278 Å². The molecule has 0 spiro atoms. The van der Waals surface area contributed by atoms with Gasteiger partial charge in [-0.1, -0.05) is 0 Å². The first kappa shape index (κ1) is 29.7. The topological polar surface area (TPSA) is 9.86 Å². The van der Waals surface area contributed by atoms with E-state index in [1.165, 1.54) is 90.7 Å². The van der Waals surface area contributed by atoms with Crippen LogP contribution < -0.4 is 0 Å². The summed E-state index contributed by atoms with van der Waals surface area (Å²) in [5, 5.41) is 2.96. The minimum atomic E-state index is -1.48. The molecule has 2 aromatic heterocycles. The van der Waals surface area contributed by atoms with E-state index in [-0.39, 0.29) is 0 Å². The Hall–Kier alpha value is -3.40. The van der Waals surface area contributed by atoms with Crippen LogP contribution in [-0.2, 0) is 48.6 Å². The predicted molar refractivity (Wildman–Crippen MR) is 196 cm³/mol. The van der Waals surface area contributed by atoms with E-state index >= 15 is 0 Å². The monoisotopic (exact) mass is 798 g/mol. The zero-order chi connectivity index (χ0) is 31.5. The van der Waals surface area contributed by atoms with Gasteiger partial charge in [0.1, 0.15) is 0 Å². The van der Waals surface area contributed by atoms with Crippen molar-refractivity contribution < 1.29 is 22.9 Å². The number of fused-ring (bicyclic) bond motifs is 8. The van der Waals surface area contributed by atoms with Crippen molar-refractivity contribution in [2.24, 2.45) is 0 Å². The van der Waals surface area contributed by atoms with Crippen molar-refractivity contribution in [1.29, 1.82) is 0 Å². The van der Waals surface area contributed by atoms with Gasteiger partial charge in [-0.3, -0.25) is 0 Å². The first-order chi connectivity index (χ1) is 23.3. The van der Waals surface area contributed by atoms with E-state index in [1.54, 1.807) is 45.0 Å². The smallest absolute Gasteiger partial charge is 0.0108 e. The van der Waals surface area contributed by atoms with Gasteiger partial charge in [-0.15, -0.1) is 11.6 Å². The Morgan fingerprint density at radius 3 is 1.40 bits per heavy atom. The molecular weight excluding hydrogens is 758 g/mol.